The maximum Gasteiger partial charge on any atom is 0.286 e. The van der Waals surface area contributed by atoms with Gasteiger partial charge in [0.2, 0.25) is 15.0 Å². The molecule has 4 rings (SSSR count). The minimum atomic E-state index is -3.67. The van der Waals surface area contributed by atoms with Crippen LogP contribution in [-0.4, -0.2) is 59.2 Å². The van der Waals surface area contributed by atoms with Crippen molar-refractivity contribution in [3.63, 3.8) is 0 Å². The SMILES string of the molecule is COc1ccc(NC(=O)c2nnc([C@@H]3CCCN(S(=O)(=O)c4c(C)n[nH]c4C)C3)s2)cc1. The van der Waals surface area contributed by atoms with Gasteiger partial charge in [-0.25, -0.2) is 8.42 Å². The fourth-order valence-electron chi connectivity index (χ4n) is 3.76. The first-order valence-electron chi connectivity index (χ1n) is 10.1. The van der Waals surface area contributed by atoms with Gasteiger partial charge in [-0.15, -0.1) is 10.2 Å². The van der Waals surface area contributed by atoms with Crippen LogP contribution in [0.3, 0.4) is 0 Å². The monoisotopic (exact) mass is 476 g/mol. The van der Waals surface area contributed by atoms with E-state index in [0.29, 0.717) is 47.3 Å². The van der Waals surface area contributed by atoms with Crippen molar-refractivity contribution in [3.05, 3.63) is 45.7 Å². The molecule has 1 fully saturated rings. The second-order valence-electron chi connectivity index (χ2n) is 7.59. The average Bonchev–Trinajstić information content (AvgIpc) is 3.41. The van der Waals surface area contributed by atoms with E-state index in [1.54, 1.807) is 45.2 Å². The summed E-state index contributed by atoms with van der Waals surface area (Å²) in [4.78, 5) is 12.8. The third kappa shape index (κ3) is 4.38. The highest BCUT2D eigenvalue weighted by molar-refractivity contribution is 7.89. The van der Waals surface area contributed by atoms with Crippen molar-refractivity contribution in [2.75, 3.05) is 25.5 Å². The first-order chi connectivity index (χ1) is 15.3. The molecule has 1 saturated heterocycles. The van der Waals surface area contributed by atoms with Gasteiger partial charge >= 0.3 is 0 Å². The minimum Gasteiger partial charge on any atom is -0.497 e. The zero-order chi connectivity index (χ0) is 22.9. The zero-order valence-corrected chi connectivity index (χ0v) is 19.6. The van der Waals surface area contributed by atoms with Gasteiger partial charge in [0.25, 0.3) is 5.91 Å². The second-order valence-corrected chi connectivity index (χ2v) is 10.5. The first kappa shape index (κ1) is 22.4. The standard InChI is InChI=1S/C20H24N6O4S2/c1-12-17(13(2)23-22-12)32(28,29)26-10-4-5-14(11-26)19-24-25-20(31-19)18(27)21-15-6-8-16(30-3)9-7-15/h6-9,14H,4-5,10-11H2,1-3H3,(H,21,27)(H,22,23)/t14-/m1/s1. The smallest absolute Gasteiger partial charge is 0.286 e. The van der Waals surface area contributed by atoms with Crippen LogP contribution >= 0.6 is 11.3 Å². The van der Waals surface area contributed by atoms with Gasteiger partial charge in [0.1, 0.15) is 15.7 Å². The summed E-state index contributed by atoms with van der Waals surface area (Å²) >= 11 is 1.19. The molecule has 10 nitrogen and oxygen atoms in total. The number of anilines is 1. The predicted octanol–water partition coefficient (Wildman–Crippen LogP) is 2.71. The number of piperidine rings is 1. The van der Waals surface area contributed by atoms with Crippen molar-refractivity contribution < 1.29 is 17.9 Å². The number of aryl methyl sites for hydroxylation is 2. The number of rotatable bonds is 6. The maximum absolute atomic E-state index is 13.2. The number of amides is 1. The van der Waals surface area contributed by atoms with Gasteiger partial charge in [0.05, 0.1) is 18.5 Å². The molecule has 170 valence electrons. The molecular formula is C20H24N6O4S2. The summed E-state index contributed by atoms with van der Waals surface area (Å²) in [5.41, 5.74) is 1.60. The maximum atomic E-state index is 13.2. The Morgan fingerprint density at radius 3 is 2.66 bits per heavy atom. The van der Waals surface area contributed by atoms with Gasteiger partial charge in [-0.2, -0.15) is 9.40 Å². The third-order valence-corrected chi connectivity index (χ3v) is 8.59. The van der Waals surface area contributed by atoms with Gasteiger partial charge in [-0.1, -0.05) is 11.3 Å². The Bertz CT molecular complexity index is 1200. The molecule has 0 radical (unpaired) electrons. The van der Waals surface area contributed by atoms with Crippen LogP contribution in [0, 0.1) is 13.8 Å². The van der Waals surface area contributed by atoms with Crippen molar-refractivity contribution >= 4 is 33.0 Å². The van der Waals surface area contributed by atoms with Gasteiger partial charge in [0.15, 0.2) is 0 Å². The lowest BCUT2D eigenvalue weighted by Crippen LogP contribution is -2.39. The molecule has 1 aromatic carbocycles. The molecule has 0 saturated carbocycles. The molecule has 12 heteroatoms. The fraction of sp³-hybridized carbons (Fsp3) is 0.400. The van der Waals surface area contributed by atoms with Crippen molar-refractivity contribution in [2.45, 2.75) is 37.5 Å². The molecule has 0 spiro atoms. The van der Waals surface area contributed by atoms with Crippen LogP contribution < -0.4 is 10.1 Å². The van der Waals surface area contributed by atoms with Crippen molar-refractivity contribution in [1.29, 1.82) is 0 Å². The highest BCUT2D eigenvalue weighted by atomic mass is 32.2. The van der Waals surface area contributed by atoms with E-state index >= 15 is 0 Å². The van der Waals surface area contributed by atoms with Gasteiger partial charge in [-0.05, 0) is 51.0 Å². The lowest BCUT2D eigenvalue weighted by molar-refractivity contribution is 0.102. The zero-order valence-electron chi connectivity index (χ0n) is 18.0. The molecule has 3 aromatic rings. The van der Waals surface area contributed by atoms with E-state index in [4.69, 9.17) is 4.74 Å². The largest absolute Gasteiger partial charge is 0.497 e. The molecule has 1 aliphatic heterocycles. The van der Waals surface area contributed by atoms with Crippen LogP contribution in [0.2, 0.25) is 0 Å². The molecule has 0 unspecified atom stereocenters. The summed E-state index contributed by atoms with van der Waals surface area (Å²) in [5.74, 6) is 0.216. The Kier molecular flexibility index (Phi) is 6.26. The van der Waals surface area contributed by atoms with Crippen LogP contribution in [0.5, 0.6) is 5.75 Å². The van der Waals surface area contributed by atoms with E-state index in [1.165, 1.54) is 15.6 Å². The van der Waals surface area contributed by atoms with E-state index in [2.05, 4.69) is 25.7 Å². The number of hydrogen-bond acceptors (Lipinski definition) is 8. The Hall–Kier alpha value is -2.83. The van der Waals surface area contributed by atoms with Crippen LogP contribution in [-0.2, 0) is 10.0 Å². The quantitative estimate of drug-likeness (QED) is 0.559. The Balaban J connectivity index is 1.47. The number of aromatic nitrogens is 4. The van der Waals surface area contributed by atoms with Crippen LogP contribution in [0.15, 0.2) is 29.2 Å². The van der Waals surface area contributed by atoms with E-state index < -0.39 is 10.0 Å². The van der Waals surface area contributed by atoms with Crippen molar-refractivity contribution in [3.8, 4) is 5.75 Å². The Labute approximate surface area is 190 Å². The van der Waals surface area contributed by atoms with E-state index in [1.807, 2.05) is 0 Å². The number of nitrogens with one attached hydrogen (secondary N) is 2. The first-order valence-corrected chi connectivity index (χ1v) is 12.4. The number of H-pyrrole nitrogens is 1. The molecule has 2 N–H and O–H groups in total. The molecule has 32 heavy (non-hydrogen) atoms. The summed E-state index contributed by atoms with van der Waals surface area (Å²) in [5, 5.41) is 18.7. The van der Waals surface area contributed by atoms with Crippen molar-refractivity contribution in [1.82, 2.24) is 24.7 Å². The number of carbonyl (C=O) groups excluding carboxylic acids is 1. The molecule has 0 aliphatic carbocycles. The van der Waals surface area contributed by atoms with E-state index in [-0.39, 0.29) is 21.7 Å². The summed E-state index contributed by atoms with van der Waals surface area (Å²) in [7, 11) is -2.10. The lowest BCUT2D eigenvalue weighted by atomic mass is 10.0. The summed E-state index contributed by atoms with van der Waals surface area (Å²) < 4.78 is 33.0. The topological polar surface area (TPSA) is 130 Å². The molecule has 3 heterocycles. The fourth-order valence-corrected chi connectivity index (χ4v) is 6.48. The Morgan fingerprint density at radius 2 is 2.00 bits per heavy atom. The lowest BCUT2D eigenvalue weighted by Gasteiger charge is -2.30. The number of sulfonamides is 1. The molecule has 2 aromatic heterocycles. The molecule has 1 atom stereocenters. The van der Waals surface area contributed by atoms with Crippen molar-refractivity contribution in [2.24, 2.45) is 0 Å². The number of methoxy groups -OCH3 is 1. The number of nitrogens with zero attached hydrogens (tertiary/aromatic N) is 4. The van der Waals surface area contributed by atoms with E-state index in [9.17, 15) is 13.2 Å². The van der Waals surface area contributed by atoms with Crippen LogP contribution in [0.4, 0.5) is 5.69 Å². The highest BCUT2D eigenvalue weighted by Crippen LogP contribution is 2.33. The number of ether oxygens (including phenoxy) is 1. The Morgan fingerprint density at radius 1 is 1.25 bits per heavy atom. The van der Waals surface area contributed by atoms with Gasteiger partial charge in [-0.3, -0.25) is 9.89 Å². The summed E-state index contributed by atoms with van der Waals surface area (Å²) in [6.07, 6.45) is 1.48. The van der Waals surface area contributed by atoms with Crippen LogP contribution in [0.1, 0.15) is 45.0 Å². The van der Waals surface area contributed by atoms with Gasteiger partial charge < -0.3 is 10.1 Å². The number of benzene rings is 1. The van der Waals surface area contributed by atoms with Crippen LogP contribution in [0.25, 0.3) is 0 Å². The number of hydrogen-bond donors (Lipinski definition) is 2. The minimum absolute atomic E-state index is 0.119. The summed E-state index contributed by atoms with van der Waals surface area (Å²) in [6, 6.07) is 6.98. The third-order valence-electron chi connectivity index (χ3n) is 5.37. The van der Waals surface area contributed by atoms with Gasteiger partial charge in [0, 0.05) is 24.7 Å². The number of carbonyl (C=O) groups is 1. The molecular weight excluding hydrogens is 452 g/mol. The predicted molar refractivity (Wildman–Crippen MR) is 120 cm³/mol. The molecule has 0 bridgehead atoms. The molecule has 1 amide bonds. The second kappa shape index (κ2) is 8.96. The van der Waals surface area contributed by atoms with E-state index in [0.717, 1.165) is 6.42 Å². The number of aromatic amines is 1. The summed E-state index contributed by atoms with van der Waals surface area (Å²) in [6.45, 7) is 4.11. The average molecular weight is 477 g/mol. The molecule has 1 aliphatic rings. The normalized spacial score (nSPS) is 17.3. The highest BCUT2D eigenvalue weighted by Gasteiger charge is 2.35.